The molecule has 0 bridgehead atoms. The third kappa shape index (κ3) is 2.40. The van der Waals surface area contributed by atoms with Crippen LogP contribution in [0.25, 0.3) is 0 Å². The molecule has 86 valence electrons. The van der Waals surface area contributed by atoms with Crippen molar-refractivity contribution >= 4 is 11.3 Å². The van der Waals surface area contributed by atoms with Gasteiger partial charge >= 0.3 is 0 Å². The average molecular weight is 239 g/mol. The number of tetrazole rings is 1. The van der Waals surface area contributed by atoms with Gasteiger partial charge in [0.25, 0.3) is 0 Å². The van der Waals surface area contributed by atoms with Crippen LogP contribution in [0.4, 0.5) is 0 Å². The van der Waals surface area contributed by atoms with Crippen LogP contribution in [0, 0.1) is 6.92 Å². The van der Waals surface area contributed by atoms with Crippen LogP contribution in [0.15, 0.2) is 5.38 Å². The molecule has 7 nitrogen and oxygen atoms in total. The van der Waals surface area contributed by atoms with E-state index in [0.29, 0.717) is 12.2 Å². The largest absolute Gasteiger partial charge is 0.271 e. The molecule has 0 radical (unpaired) electrons. The Morgan fingerprint density at radius 2 is 2.44 bits per heavy atom. The third-order valence-corrected chi connectivity index (χ3v) is 2.92. The molecule has 0 spiro atoms. The zero-order chi connectivity index (χ0) is 11.5. The molecule has 3 N–H and O–H groups in total. The Hall–Kier alpha value is -1.38. The lowest BCUT2D eigenvalue weighted by molar-refractivity contribution is 0.525. The molecular formula is C8H13N7S. The summed E-state index contributed by atoms with van der Waals surface area (Å²) in [5, 5.41) is 14.8. The maximum atomic E-state index is 5.50. The average Bonchev–Trinajstić information content (AvgIpc) is 2.84. The van der Waals surface area contributed by atoms with E-state index in [1.165, 1.54) is 4.80 Å². The molecule has 2 rings (SSSR count). The molecule has 1 atom stereocenters. The van der Waals surface area contributed by atoms with E-state index in [1.54, 1.807) is 18.4 Å². The first kappa shape index (κ1) is 11.1. The lowest BCUT2D eigenvalue weighted by Crippen LogP contribution is -2.30. The van der Waals surface area contributed by atoms with Crippen LogP contribution < -0.4 is 11.3 Å². The molecule has 0 saturated heterocycles. The van der Waals surface area contributed by atoms with Crippen molar-refractivity contribution in [3.8, 4) is 0 Å². The summed E-state index contributed by atoms with van der Waals surface area (Å²) in [5.41, 5.74) is 3.63. The van der Waals surface area contributed by atoms with E-state index in [-0.39, 0.29) is 6.04 Å². The number of aromatic nitrogens is 5. The predicted octanol–water partition coefficient (Wildman–Crippen LogP) is -0.278. The Labute approximate surface area is 96.7 Å². The summed E-state index contributed by atoms with van der Waals surface area (Å²) in [6, 6.07) is -0.0749. The van der Waals surface area contributed by atoms with Crippen LogP contribution in [0.1, 0.15) is 22.6 Å². The van der Waals surface area contributed by atoms with Crippen LogP contribution in [-0.4, -0.2) is 25.2 Å². The van der Waals surface area contributed by atoms with E-state index in [0.717, 1.165) is 10.7 Å². The van der Waals surface area contributed by atoms with Gasteiger partial charge in [-0.2, -0.15) is 4.80 Å². The first-order valence-corrected chi connectivity index (χ1v) is 5.68. The van der Waals surface area contributed by atoms with E-state index in [1.807, 2.05) is 12.3 Å². The molecule has 0 aliphatic carbocycles. The Morgan fingerprint density at radius 3 is 2.94 bits per heavy atom. The van der Waals surface area contributed by atoms with Crippen molar-refractivity contribution in [3.05, 3.63) is 21.9 Å². The summed E-state index contributed by atoms with van der Waals surface area (Å²) in [5.74, 6) is 6.15. The first-order valence-electron chi connectivity index (χ1n) is 4.80. The summed E-state index contributed by atoms with van der Waals surface area (Å²) >= 11 is 1.60. The maximum absolute atomic E-state index is 5.50. The maximum Gasteiger partial charge on any atom is 0.176 e. The summed E-state index contributed by atoms with van der Waals surface area (Å²) < 4.78 is 0. The minimum absolute atomic E-state index is 0.0749. The Kier molecular flexibility index (Phi) is 3.22. The van der Waals surface area contributed by atoms with Crippen LogP contribution in [-0.2, 0) is 13.5 Å². The van der Waals surface area contributed by atoms with Crippen LogP contribution in [0.5, 0.6) is 0 Å². The van der Waals surface area contributed by atoms with Crippen LogP contribution in [0.2, 0.25) is 0 Å². The van der Waals surface area contributed by atoms with Gasteiger partial charge in [-0.15, -0.1) is 21.5 Å². The number of hydrogen-bond donors (Lipinski definition) is 2. The van der Waals surface area contributed by atoms with Crippen molar-refractivity contribution in [1.29, 1.82) is 0 Å². The summed E-state index contributed by atoms with van der Waals surface area (Å²) in [7, 11) is 1.73. The second kappa shape index (κ2) is 4.64. The van der Waals surface area contributed by atoms with E-state index in [4.69, 9.17) is 5.84 Å². The predicted molar refractivity (Wildman–Crippen MR) is 59.4 cm³/mol. The van der Waals surface area contributed by atoms with Gasteiger partial charge in [0.1, 0.15) is 0 Å². The smallest absolute Gasteiger partial charge is 0.176 e. The highest BCUT2D eigenvalue weighted by atomic mass is 32.1. The lowest BCUT2D eigenvalue weighted by Gasteiger charge is -2.10. The van der Waals surface area contributed by atoms with E-state index < -0.39 is 0 Å². The molecule has 0 saturated carbocycles. The Balaban J connectivity index is 2.12. The fourth-order valence-electron chi connectivity index (χ4n) is 1.38. The number of rotatable bonds is 4. The van der Waals surface area contributed by atoms with Gasteiger partial charge in [-0.3, -0.25) is 11.3 Å². The van der Waals surface area contributed by atoms with Crippen molar-refractivity contribution in [1.82, 2.24) is 30.6 Å². The van der Waals surface area contributed by atoms with Crippen molar-refractivity contribution in [3.63, 3.8) is 0 Å². The van der Waals surface area contributed by atoms with Gasteiger partial charge in [0.05, 0.1) is 23.8 Å². The Bertz CT molecular complexity index is 462. The number of nitrogens with zero attached hydrogens (tertiary/aromatic N) is 5. The van der Waals surface area contributed by atoms with Crippen molar-refractivity contribution < 1.29 is 0 Å². The molecule has 16 heavy (non-hydrogen) atoms. The summed E-state index contributed by atoms with van der Waals surface area (Å²) in [4.78, 5) is 5.80. The van der Waals surface area contributed by atoms with Gasteiger partial charge in [-0.05, 0) is 12.1 Å². The molecule has 2 aromatic heterocycles. The standard InChI is InChI=1S/C8H13N7S/c1-5-10-7(4-16-5)6(11-9)3-8-12-14-15(2)13-8/h4,6,11H,3,9H2,1-2H3. The minimum atomic E-state index is -0.0749. The SMILES string of the molecule is Cc1nc(C(Cc2nnn(C)n2)NN)cs1. The second-order valence-corrected chi connectivity index (χ2v) is 4.47. The van der Waals surface area contributed by atoms with Crippen LogP contribution >= 0.6 is 11.3 Å². The topological polar surface area (TPSA) is 94.5 Å². The van der Waals surface area contributed by atoms with E-state index in [9.17, 15) is 0 Å². The molecule has 2 heterocycles. The van der Waals surface area contributed by atoms with E-state index in [2.05, 4.69) is 25.8 Å². The molecule has 0 aromatic carbocycles. The van der Waals surface area contributed by atoms with E-state index >= 15 is 0 Å². The zero-order valence-corrected chi connectivity index (χ0v) is 9.90. The summed E-state index contributed by atoms with van der Waals surface area (Å²) in [6.07, 6.45) is 0.577. The molecule has 2 aromatic rings. The molecule has 8 heteroatoms. The number of hydrogen-bond acceptors (Lipinski definition) is 7. The zero-order valence-electron chi connectivity index (χ0n) is 9.08. The first-order chi connectivity index (χ1) is 7.69. The third-order valence-electron chi connectivity index (χ3n) is 2.13. The monoisotopic (exact) mass is 239 g/mol. The van der Waals surface area contributed by atoms with Gasteiger partial charge in [-0.25, -0.2) is 4.98 Å². The molecule has 0 aliphatic heterocycles. The van der Waals surface area contributed by atoms with Crippen molar-refractivity contribution in [2.24, 2.45) is 12.9 Å². The van der Waals surface area contributed by atoms with Gasteiger partial charge < -0.3 is 0 Å². The van der Waals surface area contributed by atoms with Crippen LogP contribution in [0.3, 0.4) is 0 Å². The number of thiazole rings is 1. The fourth-order valence-corrected chi connectivity index (χ4v) is 2.04. The highest BCUT2D eigenvalue weighted by Gasteiger charge is 2.16. The molecule has 1 unspecified atom stereocenters. The Morgan fingerprint density at radius 1 is 1.62 bits per heavy atom. The highest BCUT2D eigenvalue weighted by molar-refractivity contribution is 7.09. The van der Waals surface area contributed by atoms with Gasteiger partial charge in [0, 0.05) is 11.8 Å². The molecule has 0 aliphatic rings. The second-order valence-electron chi connectivity index (χ2n) is 3.41. The quantitative estimate of drug-likeness (QED) is 0.563. The van der Waals surface area contributed by atoms with Crippen molar-refractivity contribution in [2.45, 2.75) is 19.4 Å². The summed E-state index contributed by atoms with van der Waals surface area (Å²) in [6.45, 7) is 1.96. The number of nitrogens with one attached hydrogen (secondary N) is 1. The number of hydrazine groups is 1. The normalized spacial score (nSPS) is 12.9. The number of aryl methyl sites for hydroxylation is 2. The highest BCUT2D eigenvalue weighted by Crippen LogP contribution is 2.18. The molecule has 0 amide bonds. The van der Waals surface area contributed by atoms with Crippen molar-refractivity contribution in [2.75, 3.05) is 0 Å². The molecular weight excluding hydrogens is 226 g/mol. The fraction of sp³-hybridized carbons (Fsp3) is 0.500. The van der Waals surface area contributed by atoms with Gasteiger partial charge in [0.2, 0.25) is 0 Å². The van der Waals surface area contributed by atoms with Gasteiger partial charge in [0.15, 0.2) is 5.82 Å². The number of nitrogens with two attached hydrogens (primary N) is 1. The minimum Gasteiger partial charge on any atom is -0.271 e. The lowest BCUT2D eigenvalue weighted by atomic mass is 10.1. The van der Waals surface area contributed by atoms with Gasteiger partial charge in [-0.1, -0.05) is 0 Å². The molecule has 0 fully saturated rings.